The second kappa shape index (κ2) is 5.26. The summed E-state index contributed by atoms with van der Waals surface area (Å²) < 4.78 is 1.85. The number of nitrogen functional groups attached to an aromatic ring is 1. The number of pyridine rings is 1. The van der Waals surface area contributed by atoms with Crippen LogP contribution in [0.15, 0.2) is 30.5 Å². The van der Waals surface area contributed by atoms with Crippen LogP contribution in [0, 0.1) is 6.92 Å². The van der Waals surface area contributed by atoms with Gasteiger partial charge in [0.25, 0.3) is 0 Å². The first-order chi connectivity index (χ1) is 10.8. The minimum Gasteiger partial charge on any atom is -0.398 e. The van der Waals surface area contributed by atoms with Gasteiger partial charge >= 0.3 is 0 Å². The van der Waals surface area contributed by atoms with Gasteiger partial charge in [0.1, 0.15) is 11.6 Å². The first kappa shape index (κ1) is 15.3. The molecule has 3 rings (SSSR count). The van der Waals surface area contributed by atoms with Crippen LogP contribution in [-0.2, 0) is 12.5 Å². The summed E-state index contributed by atoms with van der Waals surface area (Å²) in [5.74, 6) is 1.70. The van der Waals surface area contributed by atoms with Crippen LogP contribution in [0.25, 0.3) is 10.8 Å². The molecule has 0 fully saturated rings. The smallest absolute Gasteiger partial charge is 0.139 e. The van der Waals surface area contributed by atoms with E-state index in [9.17, 15) is 0 Å². The standard InChI is InChI=1S/C18H23N5/c1-11-6-7-13-12(16(11)19)8-9-20-17(13)21-15-10-14(18(2,3)4)22-23(15)5/h6-10H,19H2,1-5H3,(H,20,21). The maximum atomic E-state index is 6.20. The van der Waals surface area contributed by atoms with Crippen molar-refractivity contribution in [2.45, 2.75) is 33.1 Å². The fourth-order valence-corrected chi connectivity index (χ4v) is 2.56. The van der Waals surface area contributed by atoms with Gasteiger partial charge in [0.05, 0.1) is 5.69 Å². The van der Waals surface area contributed by atoms with E-state index in [1.165, 1.54) is 0 Å². The zero-order chi connectivity index (χ0) is 16.8. The molecule has 0 saturated carbocycles. The minimum absolute atomic E-state index is 0.00537. The van der Waals surface area contributed by atoms with E-state index in [2.05, 4.69) is 48.3 Å². The van der Waals surface area contributed by atoms with E-state index in [4.69, 9.17) is 5.73 Å². The molecule has 120 valence electrons. The minimum atomic E-state index is 0.00537. The predicted octanol–water partition coefficient (Wildman–Crippen LogP) is 3.90. The Kier molecular flexibility index (Phi) is 3.51. The van der Waals surface area contributed by atoms with Crippen LogP contribution < -0.4 is 11.1 Å². The van der Waals surface area contributed by atoms with Gasteiger partial charge in [-0.1, -0.05) is 32.9 Å². The Morgan fingerprint density at radius 2 is 1.87 bits per heavy atom. The van der Waals surface area contributed by atoms with Gasteiger partial charge in [-0.2, -0.15) is 5.10 Å². The van der Waals surface area contributed by atoms with Crippen LogP contribution in [0.5, 0.6) is 0 Å². The van der Waals surface area contributed by atoms with Crippen molar-refractivity contribution in [2.75, 3.05) is 11.1 Å². The lowest BCUT2D eigenvalue weighted by atomic mass is 9.92. The van der Waals surface area contributed by atoms with Gasteiger partial charge in [0, 0.05) is 41.2 Å². The summed E-state index contributed by atoms with van der Waals surface area (Å²) >= 11 is 0. The molecule has 23 heavy (non-hydrogen) atoms. The van der Waals surface area contributed by atoms with Crippen LogP contribution >= 0.6 is 0 Å². The maximum absolute atomic E-state index is 6.20. The van der Waals surface area contributed by atoms with E-state index in [-0.39, 0.29) is 5.41 Å². The van der Waals surface area contributed by atoms with Crippen LogP contribution in [0.1, 0.15) is 32.0 Å². The largest absolute Gasteiger partial charge is 0.398 e. The van der Waals surface area contributed by atoms with Crippen molar-refractivity contribution in [1.82, 2.24) is 14.8 Å². The number of hydrogen-bond donors (Lipinski definition) is 2. The Bertz CT molecular complexity index is 871. The number of hydrogen-bond acceptors (Lipinski definition) is 4. The highest BCUT2D eigenvalue weighted by molar-refractivity contribution is 6.00. The van der Waals surface area contributed by atoms with Crippen LogP contribution in [0.4, 0.5) is 17.3 Å². The van der Waals surface area contributed by atoms with Gasteiger partial charge in [-0.15, -0.1) is 0 Å². The van der Waals surface area contributed by atoms with Crippen molar-refractivity contribution in [3.8, 4) is 0 Å². The molecule has 0 bridgehead atoms. The molecule has 0 saturated heterocycles. The van der Waals surface area contributed by atoms with E-state index < -0.39 is 0 Å². The molecule has 2 heterocycles. The number of rotatable bonds is 2. The summed E-state index contributed by atoms with van der Waals surface area (Å²) in [6, 6.07) is 8.09. The maximum Gasteiger partial charge on any atom is 0.139 e. The van der Waals surface area contributed by atoms with Gasteiger partial charge in [-0.25, -0.2) is 4.98 Å². The average Bonchev–Trinajstić information content (AvgIpc) is 2.85. The van der Waals surface area contributed by atoms with E-state index in [0.717, 1.165) is 39.4 Å². The summed E-state index contributed by atoms with van der Waals surface area (Å²) in [5, 5.41) is 10.0. The first-order valence-electron chi connectivity index (χ1n) is 7.72. The molecule has 1 aromatic carbocycles. The Balaban J connectivity index is 2.06. The summed E-state index contributed by atoms with van der Waals surface area (Å²) in [6.45, 7) is 8.47. The highest BCUT2D eigenvalue weighted by Gasteiger charge is 2.19. The highest BCUT2D eigenvalue weighted by atomic mass is 15.3. The highest BCUT2D eigenvalue weighted by Crippen LogP contribution is 2.31. The van der Waals surface area contributed by atoms with Gasteiger partial charge < -0.3 is 11.1 Å². The van der Waals surface area contributed by atoms with E-state index >= 15 is 0 Å². The Hall–Kier alpha value is -2.56. The molecule has 3 aromatic rings. The van der Waals surface area contributed by atoms with E-state index in [0.29, 0.717) is 0 Å². The molecule has 3 N–H and O–H groups in total. The number of nitrogens with zero attached hydrogens (tertiary/aromatic N) is 3. The van der Waals surface area contributed by atoms with Crippen molar-refractivity contribution in [3.05, 3.63) is 41.7 Å². The monoisotopic (exact) mass is 309 g/mol. The molecular formula is C18H23N5. The summed E-state index contributed by atoms with van der Waals surface area (Å²) in [7, 11) is 1.93. The molecular weight excluding hydrogens is 286 g/mol. The quantitative estimate of drug-likeness (QED) is 0.704. The summed E-state index contributed by atoms with van der Waals surface area (Å²) in [4.78, 5) is 4.48. The second-order valence-electron chi connectivity index (χ2n) is 6.96. The molecule has 0 amide bonds. The first-order valence-corrected chi connectivity index (χ1v) is 7.72. The number of anilines is 3. The summed E-state index contributed by atoms with van der Waals surface area (Å²) in [5.41, 5.74) is 9.12. The third-order valence-corrected chi connectivity index (χ3v) is 4.10. The fourth-order valence-electron chi connectivity index (χ4n) is 2.56. The number of nitrogens with two attached hydrogens (primary N) is 1. The van der Waals surface area contributed by atoms with E-state index in [1.807, 2.05) is 30.8 Å². The Morgan fingerprint density at radius 3 is 2.52 bits per heavy atom. The Morgan fingerprint density at radius 1 is 1.13 bits per heavy atom. The zero-order valence-electron chi connectivity index (χ0n) is 14.3. The van der Waals surface area contributed by atoms with Gasteiger partial charge in [-0.3, -0.25) is 4.68 Å². The van der Waals surface area contributed by atoms with Crippen molar-refractivity contribution >= 4 is 28.1 Å². The van der Waals surface area contributed by atoms with Crippen molar-refractivity contribution < 1.29 is 0 Å². The second-order valence-corrected chi connectivity index (χ2v) is 6.96. The third-order valence-electron chi connectivity index (χ3n) is 4.10. The molecule has 2 aromatic heterocycles. The molecule has 0 aliphatic heterocycles. The number of aryl methyl sites for hydroxylation is 2. The predicted molar refractivity (Wildman–Crippen MR) is 96.1 cm³/mol. The average molecular weight is 309 g/mol. The molecule has 0 spiro atoms. The summed E-state index contributed by atoms with van der Waals surface area (Å²) in [6.07, 6.45) is 1.78. The van der Waals surface area contributed by atoms with Gasteiger partial charge in [0.15, 0.2) is 0 Å². The van der Waals surface area contributed by atoms with Crippen molar-refractivity contribution in [2.24, 2.45) is 7.05 Å². The number of fused-ring (bicyclic) bond motifs is 1. The lowest BCUT2D eigenvalue weighted by Gasteiger charge is -2.13. The zero-order valence-corrected chi connectivity index (χ0v) is 14.3. The SMILES string of the molecule is Cc1ccc2c(Nc3cc(C(C)(C)C)nn3C)nccc2c1N. The number of nitrogens with one attached hydrogen (secondary N) is 1. The molecule has 5 heteroatoms. The van der Waals surface area contributed by atoms with Crippen LogP contribution in [0.3, 0.4) is 0 Å². The fraction of sp³-hybridized carbons (Fsp3) is 0.333. The third kappa shape index (κ3) is 2.74. The van der Waals surface area contributed by atoms with Crippen LogP contribution in [-0.4, -0.2) is 14.8 Å². The van der Waals surface area contributed by atoms with E-state index in [1.54, 1.807) is 6.20 Å². The van der Waals surface area contributed by atoms with Gasteiger partial charge in [0.2, 0.25) is 0 Å². The molecule has 0 radical (unpaired) electrons. The topological polar surface area (TPSA) is 68.8 Å². The van der Waals surface area contributed by atoms with Crippen molar-refractivity contribution in [3.63, 3.8) is 0 Å². The Labute approximate surface area is 136 Å². The van der Waals surface area contributed by atoms with Crippen LogP contribution in [0.2, 0.25) is 0 Å². The number of benzene rings is 1. The molecule has 0 atom stereocenters. The lowest BCUT2D eigenvalue weighted by Crippen LogP contribution is -2.12. The molecule has 5 nitrogen and oxygen atoms in total. The molecule has 0 unspecified atom stereocenters. The lowest BCUT2D eigenvalue weighted by molar-refractivity contribution is 0.553. The normalized spacial score (nSPS) is 11.9. The molecule has 0 aliphatic rings. The van der Waals surface area contributed by atoms with Gasteiger partial charge in [-0.05, 0) is 18.6 Å². The molecule has 0 aliphatic carbocycles. The van der Waals surface area contributed by atoms with Crippen molar-refractivity contribution in [1.29, 1.82) is 0 Å². The number of aromatic nitrogens is 3.